The van der Waals surface area contributed by atoms with E-state index in [-0.39, 0.29) is 0 Å². The van der Waals surface area contributed by atoms with Gasteiger partial charge in [0, 0.05) is 11.8 Å². The number of nitrogens with one attached hydrogen (secondary N) is 1. The van der Waals surface area contributed by atoms with Crippen LogP contribution in [0.5, 0.6) is 0 Å². The zero-order valence-electron chi connectivity index (χ0n) is 11.8. The molecule has 0 aliphatic rings. The Hall–Kier alpha value is -2.44. The number of rotatable bonds is 3. The summed E-state index contributed by atoms with van der Waals surface area (Å²) in [6, 6.07) is 1.89. The van der Waals surface area contributed by atoms with Gasteiger partial charge in [0.1, 0.15) is 11.6 Å². The summed E-state index contributed by atoms with van der Waals surface area (Å²) in [5.41, 5.74) is 8.51. The highest BCUT2D eigenvalue weighted by Gasteiger charge is 2.18. The number of H-pyrrole nitrogens is 1. The number of nitrogens with two attached hydrogens (primary N) is 1. The summed E-state index contributed by atoms with van der Waals surface area (Å²) in [4.78, 5) is 8.71. The smallest absolute Gasteiger partial charge is 0.188 e. The molecular formula is C13H17N7. The maximum atomic E-state index is 5.95. The summed E-state index contributed by atoms with van der Waals surface area (Å²) in [6.07, 6.45) is 1.86. The van der Waals surface area contributed by atoms with Gasteiger partial charge in [0.05, 0.1) is 11.1 Å². The second-order valence-corrected chi connectivity index (χ2v) is 4.86. The molecule has 0 amide bonds. The van der Waals surface area contributed by atoms with E-state index in [1.54, 1.807) is 4.68 Å². The number of aromatic amines is 1. The molecule has 20 heavy (non-hydrogen) atoms. The lowest BCUT2D eigenvalue weighted by atomic mass is 10.2. The normalized spacial score (nSPS) is 11.3. The monoisotopic (exact) mass is 271 g/mol. The highest BCUT2D eigenvalue weighted by molar-refractivity contribution is 5.89. The van der Waals surface area contributed by atoms with Gasteiger partial charge in [0.15, 0.2) is 11.5 Å². The number of hydrogen-bond donors (Lipinski definition) is 2. The molecule has 104 valence electrons. The van der Waals surface area contributed by atoms with Gasteiger partial charge in [-0.05, 0) is 20.3 Å². The molecule has 3 rings (SSSR count). The van der Waals surface area contributed by atoms with E-state index in [1.807, 2.05) is 19.9 Å². The summed E-state index contributed by atoms with van der Waals surface area (Å²) in [5.74, 6) is 1.98. The number of aryl methyl sites for hydroxylation is 3. The molecule has 0 unspecified atom stereocenters. The third-order valence-corrected chi connectivity index (χ3v) is 3.14. The van der Waals surface area contributed by atoms with Gasteiger partial charge in [-0.25, -0.2) is 9.97 Å². The molecular weight excluding hydrogens is 254 g/mol. The first-order chi connectivity index (χ1) is 9.60. The first-order valence-electron chi connectivity index (χ1n) is 6.64. The van der Waals surface area contributed by atoms with Crippen molar-refractivity contribution in [3.05, 3.63) is 23.3 Å². The number of hydrogen-bond acceptors (Lipinski definition) is 5. The van der Waals surface area contributed by atoms with Crippen LogP contribution in [0.1, 0.15) is 30.6 Å². The summed E-state index contributed by atoms with van der Waals surface area (Å²) in [5, 5.41) is 12.6. The standard InChI is InChI=1S/C13H17N7/c1-4-5-9-11-12(14)17-18-13(11)20(19-9)10-6-7(2)15-8(3)16-10/h6H,4-5H2,1-3H3,(H3,14,17,18). The van der Waals surface area contributed by atoms with E-state index >= 15 is 0 Å². The lowest BCUT2D eigenvalue weighted by molar-refractivity contribution is 0.783. The van der Waals surface area contributed by atoms with Gasteiger partial charge in [0.25, 0.3) is 0 Å². The van der Waals surface area contributed by atoms with E-state index in [1.165, 1.54) is 0 Å². The molecule has 3 N–H and O–H groups in total. The number of nitrogen functional groups attached to an aromatic ring is 1. The Morgan fingerprint density at radius 1 is 1.30 bits per heavy atom. The van der Waals surface area contributed by atoms with Gasteiger partial charge in [-0.3, -0.25) is 5.10 Å². The second kappa shape index (κ2) is 4.59. The van der Waals surface area contributed by atoms with E-state index < -0.39 is 0 Å². The summed E-state index contributed by atoms with van der Waals surface area (Å²) < 4.78 is 1.73. The molecule has 0 aliphatic carbocycles. The van der Waals surface area contributed by atoms with E-state index in [9.17, 15) is 0 Å². The van der Waals surface area contributed by atoms with Crippen LogP contribution in [0.4, 0.5) is 5.82 Å². The predicted molar refractivity (Wildman–Crippen MR) is 76.7 cm³/mol. The molecule has 3 heterocycles. The van der Waals surface area contributed by atoms with Crippen LogP contribution >= 0.6 is 0 Å². The second-order valence-electron chi connectivity index (χ2n) is 4.86. The minimum atomic E-state index is 0.553. The molecule has 0 bridgehead atoms. The van der Waals surface area contributed by atoms with E-state index in [0.717, 1.165) is 29.6 Å². The highest BCUT2D eigenvalue weighted by Crippen LogP contribution is 2.25. The fourth-order valence-electron chi connectivity index (χ4n) is 2.38. The van der Waals surface area contributed by atoms with E-state index in [2.05, 4.69) is 32.2 Å². The van der Waals surface area contributed by atoms with Crippen molar-refractivity contribution in [1.82, 2.24) is 29.9 Å². The van der Waals surface area contributed by atoms with E-state index in [4.69, 9.17) is 5.73 Å². The van der Waals surface area contributed by atoms with Crippen LogP contribution in [0.25, 0.3) is 16.9 Å². The molecule has 0 atom stereocenters. The van der Waals surface area contributed by atoms with Crippen LogP contribution in [0, 0.1) is 13.8 Å². The van der Waals surface area contributed by atoms with Gasteiger partial charge in [-0.2, -0.15) is 14.9 Å². The van der Waals surface area contributed by atoms with Crippen molar-refractivity contribution in [2.45, 2.75) is 33.6 Å². The van der Waals surface area contributed by atoms with Gasteiger partial charge >= 0.3 is 0 Å². The van der Waals surface area contributed by atoms with Crippen molar-refractivity contribution in [3.63, 3.8) is 0 Å². The van der Waals surface area contributed by atoms with Crippen LogP contribution in [-0.4, -0.2) is 29.9 Å². The average molecular weight is 271 g/mol. The highest BCUT2D eigenvalue weighted by atomic mass is 15.4. The molecule has 0 aliphatic heterocycles. The first-order valence-corrected chi connectivity index (χ1v) is 6.64. The first kappa shape index (κ1) is 12.6. The maximum absolute atomic E-state index is 5.95. The Balaban J connectivity index is 2.25. The molecule has 3 aromatic heterocycles. The Bertz CT molecular complexity index is 748. The minimum Gasteiger partial charge on any atom is -0.383 e. The third kappa shape index (κ3) is 1.91. The number of nitrogens with zero attached hydrogens (tertiary/aromatic N) is 5. The predicted octanol–water partition coefficient (Wildman–Crippen LogP) is 1.69. The van der Waals surface area contributed by atoms with Gasteiger partial charge in [0.2, 0.25) is 0 Å². The zero-order valence-corrected chi connectivity index (χ0v) is 11.8. The zero-order chi connectivity index (χ0) is 14.3. The molecule has 7 nitrogen and oxygen atoms in total. The molecule has 3 aromatic rings. The molecule has 0 radical (unpaired) electrons. The van der Waals surface area contributed by atoms with Crippen LogP contribution in [0.3, 0.4) is 0 Å². The van der Waals surface area contributed by atoms with Crippen LogP contribution in [-0.2, 0) is 6.42 Å². The van der Waals surface area contributed by atoms with Crippen molar-refractivity contribution in [2.24, 2.45) is 0 Å². The molecule has 7 heteroatoms. The Labute approximate surface area is 116 Å². The molecule has 0 spiro atoms. The lowest BCUT2D eigenvalue weighted by Crippen LogP contribution is -2.04. The minimum absolute atomic E-state index is 0.553. The van der Waals surface area contributed by atoms with Crippen molar-refractivity contribution in [1.29, 1.82) is 0 Å². The van der Waals surface area contributed by atoms with Crippen LogP contribution in [0.15, 0.2) is 6.07 Å². The topological polar surface area (TPSA) is 98.3 Å². The largest absolute Gasteiger partial charge is 0.383 e. The average Bonchev–Trinajstić information content (AvgIpc) is 2.91. The van der Waals surface area contributed by atoms with Crippen molar-refractivity contribution in [2.75, 3.05) is 5.73 Å². The Kier molecular flexibility index (Phi) is 2.89. The summed E-state index contributed by atoms with van der Waals surface area (Å²) in [7, 11) is 0. The molecule has 0 fully saturated rings. The van der Waals surface area contributed by atoms with Crippen molar-refractivity contribution in [3.8, 4) is 5.82 Å². The van der Waals surface area contributed by atoms with E-state index in [0.29, 0.717) is 23.1 Å². The summed E-state index contributed by atoms with van der Waals surface area (Å²) >= 11 is 0. The molecule has 0 saturated carbocycles. The van der Waals surface area contributed by atoms with Gasteiger partial charge in [-0.15, -0.1) is 0 Å². The lowest BCUT2D eigenvalue weighted by Gasteiger charge is -2.03. The fraction of sp³-hybridized carbons (Fsp3) is 0.385. The van der Waals surface area contributed by atoms with Crippen molar-refractivity contribution >= 4 is 16.9 Å². The SMILES string of the molecule is CCCc1nn(-c2cc(C)nc(C)n2)c2n[nH]c(N)c12. The van der Waals surface area contributed by atoms with Crippen LogP contribution in [0.2, 0.25) is 0 Å². The number of aromatic nitrogens is 6. The molecule has 0 aromatic carbocycles. The fourth-order valence-corrected chi connectivity index (χ4v) is 2.38. The maximum Gasteiger partial charge on any atom is 0.188 e. The van der Waals surface area contributed by atoms with Crippen molar-refractivity contribution < 1.29 is 0 Å². The Morgan fingerprint density at radius 2 is 2.10 bits per heavy atom. The van der Waals surface area contributed by atoms with Gasteiger partial charge in [-0.1, -0.05) is 13.3 Å². The Morgan fingerprint density at radius 3 is 2.80 bits per heavy atom. The number of anilines is 1. The third-order valence-electron chi connectivity index (χ3n) is 3.14. The quantitative estimate of drug-likeness (QED) is 0.755. The summed E-state index contributed by atoms with van der Waals surface area (Å²) in [6.45, 7) is 5.91. The number of fused-ring (bicyclic) bond motifs is 1. The van der Waals surface area contributed by atoms with Crippen LogP contribution < -0.4 is 5.73 Å². The molecule has 0 saturated heterocycles. The van der Waals surface area contributed by atoms with Gasteiger partial charge < -0.3 is 5.73 Å².